The summed E-state index contributed by atoms with van der Waals surface area (Å²) in [6.07, 6.45) is 0. The summed E-state index contributed by atoms with van der Waals surface area (Å²) in [6.45, 7) is 5.59. The molecule has 0 radical (unpaired) electrons. The Balaban J connectivity index is 2.94. The molecule has 0 spiro atoms. The van der Waals surface area contributed by atoms with Gasteiger partial charge in [-0.3, -0.25) is 0 Å². The van der Waals surface area contributed by atoms with E-state index in [9.17, 15) is 8.78 Å². The summed E-state index contributed by atoms with van der Waals surface area (Å²) in [5, 5.41) is 0.514. The van der Waals surface area contributed by atoms with E-state index in [1.54, 1.807) is 6.07 Å². The third-order valence-electron chi connectivity index (χ3n) is 3.02. The predicted molar refractivity (Wildman–Crippen MR) is 73.5 cm³/mol. The predicted octanol–water partition coefficient (Wildman–Crippen LogP) is 4.01. The summed E-state index contributed by atoms with van der Waals surface area (Å²) >= 11 is 0. The Labute approximate surface area is 115 Å². The van der Waals surface area contributed by atoms with Crippen molar-refractivity contribution in [2.24, 2.45) is 0 Å². The molecule has 0 heterocycles. The maximum atomic E-state index is 14.1. The van der Waals surface area contributed by atoms with Crippen LogP contribution in [0.5, 0.6) is 5.75 Å². The highest BCUT2D eigenvalue weighted by Gasteiger charge is 2.23. The molecule has 19 heavy (non-hydrogen) atoms. The second kappa shape index (κ2) is 4.37. The standard InChI is InChI=1S/C15H17F2NO/c1-15(2,3)10-7-9(18)5-8-6-11(16)13(17)14(19-4)12(8)10/h5-7H,18H2,1-4H3/i4D3. The largest absolute Gasteiger partial charge is 0.493 e. The van der Waals surface area contributed by atoms with E-state index < -0.39 is 29.8 Å². The zero-order valence-electron chi connectivity index (χ0n) is 14.0. The molecule has 2 N–H and O–H groups in total. The number of fused-ring (bicyclic) bond motifs is 1. The first kappa shape index (κ1) is 10.0. The second-order valence-electron chi connectivity index (χ2n) is 5.52. The lowest BCUT2D eigenvalue weighted by atomic mass is 9.83. The van der Waals surface area contributed by atoms with Crippen LogP contribution in [0.2, 0.25) is 0 Å². The summed E-state index contributed by atoms with van der Waals surface area (Å²) in [5.41, 5.74) is 6.31. The van der Waals surface area contributed by atoms with Crippen molar-refractivity contribution in [3.63, 3.8) is 0 Å². The van der Waals surface area contributed by atoms with Crippen LogP contribution in [0.15, 0.2) is 18.2 Å². The Bertz CT molecular complexity index is 736. The number of anilines is 1. The van der Waals surface area contributed by atoms with Gasteiger partial charge >= 0.3 is 0 Å². The van der Waals surface area contributed by atoms with Crippen LogP contribution in [0.4, 0.5) is 14.5 Å². The normalized spacial score (nSPS) is 14.9. The quantitative estimate of drug-likeness (QED) is 0.793. The second-order valence-corrected chi connectivity index (χ2v) is 5.52. The molecule has 0 unspecified atom stereocenters. The van der Waals surface area contributed by atoms with Gasteiger partial charge in [-0.05, 0) is 34.6 Å². The van der Waals surface area contributed by atoms with E-state index in [0.717, 1.165) is 6.07 Å². The van der Waals surface area contributed by atoms with Gasteiger partial charge in [0.1, 0.15) is 0 Å². The van der Waals surface area contributed by atoms with Crippen molar-refractivity contribution in [1.82, 2.24) is 0 Å². The van der Waals surface area contributed by atoms with Crippen molar-refractivity contribution in [2.45, 2.75) is 26.2 Å². The van der Waals surface area contributed by atoms with Crippen LogP contribution >= 0.6 is 0 Å². The Morgan fingerprint density at radius 1 is 1.21 bits per heavy atom. The van der Waals surface area contributed by atoms with E-state index in [1.165, 1.54) is 6.07 Å². The molecule has 0 aliphatic heterocycles. The third kappa shape index (κ3) is 2.23. The SMILES string of the molecule is [2H]C([2H])([2H])Oc1c(F)c(F)cc2cc(N)cc(C(C)(C)C)c12. The molecule has 0 aliphatic rings. The van der Waals surface area contributed by atoms with Crippen LogP contribution in [0.1, 0.15) is 30.4 Å². The minimum absolute atomic E-state index is 0.219. The summed E-state index contributed by atoms with van der Waals surface area (Å²) < 4.78 is 54.2. The summed E-state index contributed by atoms with van der Waals surface area (Å²) in [6, 6.07) is 4.06. The molecule has 4 heteroatoms. The Hall–Kier alpha value is -1.84. The van der Waals surface area contributed by atoms with Gasteiger partial charge in [0.05, 0.1) is 11.2 Å². The highest BCUT2D eigenvalue weighted by molar-refractivity contribution is 5.94. The first-order valence-electron chi connectivity index (χ1n) is 7.31. The van der Waals surface area contributed by atoms with Gasteiger partial charge in [0, 0.05) is 11.1 Å². The number of hydrogen-bond donors (Lipinski definition) is 1. The van der Waals surface area contributed by atoms with Crippen molar-refractivity contribution in [1.29, 1.82) is 0 Å². The van der Waals surface area contributed by atoms with Gasteiger partial charge in [-0.2, -0.15) is 4.39 Å². The zero-order valence-corrected chi connectivity index (χ0v) is 11.0. The van der Waals surface area contributed by atoms with Gasteiger partial charge in [0.15, 0.2) is 11.6 Å². The van der Waals surface area contributed by atoms with E-state index in [2.05, 4.69) is 0 Å². The lowest BCUT2D eigenvalue weighted by molar-refractivity contribution is 0.376. The summed E-state index contributed by atoms with van der Waals surface area (Å²) in [4.78, 5) is 0. The van der Waals surface area contributed by atoms with Crippen molar-refractivity contribution in [2.75, 3.05) is 12.8 Å². The monoisotopic (exact) mass is 268 g/mol. The fourth-order valence-corrected chi connectivity index (χ4v) is 2.16. The van der Waals surface area contributed by atoms with E-state index in [-0.39, 0.29) is 5.39 Å². The fourth-order valence-electron chi connectivity index (χ4n) is 2.16. The Morgan fingerprint density at radius 2 is 1.89 bits per heavy atom. The van der Waals surface area contributed by atoms with Crippen molar-refractivity contribution in [3.05, 3.63) is 35.4 Å². The minimum atomic E-state index is -2.89. The maximum Gasteiger partial charge on any atom is 0.201 e. The van der Waals surface area contributed by atoms with Crippen LogP contribution < -0.4 is 10.5 Å². The number of ether oxygens (including phenoxy) is 1. The van der Waals surface area contributed by atoms with Gasteiger partial charge in [-0.15, -0.1) is 0 Å². The first-order chi connectivity index (χ1) is 9.90. The third-order valence-corrected chi connectivity index (χ3v) is 3.02. The molecule has 2 aromatic rings. The Morgan fingerprint density at radius 3 is 2.47 bits per heavy atom. The Kier molecular flexibility index (Phi) is 2.30. The minimum Gasteiger partial charge on any atom is -0.493 e. The van der Waals surface area contributed by atoms with Gasteiger partial charge in [-0.25, -0.2) is 4.39 Å². The van der Waals surface area contributed by atoms with E-state index >= 15 is 0 Å². The molecular formula is C15H17F2NO. The highest BCUT2D eigenvalue weighted by Crippen LogP contribution is 2.39. The van der Waals surface area contributed by atoms with E-state index in [1.807, 2.05) is 20.8 Å². The van der Waals surface area contributed by atoms with Crippen LogP contribution in [0.25, 0.3) is 10.8 Å². The molecule has 0 fully saturated rings. The molecular weight excluding hydrogens is 248 g/mol. The number of hydrogen-bond acceptors (Lipinski definition) is 2. The van der Waals surface area contributed by atoms with Crippen LogP contribution in [-0.2, 0) is 5.41 Å². The molecule has 102 valence electrons. The van der Waals surface area contributed by atoms with Crippen molar-refractivity contribution in [3.8, 4) is 5.75 Å². The van der Waals surface area contributed by atoms with Crippen molar-refractivity contribution >= 4 is 16.5 Å². The first-order valence-corrected chi connectivity index (χ1v) is 5.81. The number of nitrogen functional groups attached to an aromatic ring is 1. The molecule has 2 aromatic carbocycles. The van der Waals surface area contributed by atoms with Gasteiger partial charge < -0.3 is 10.5 Å². The van der Waals surface area contributed by atoms with Gasteiger partial charge in [-0.1, -0.05) is 20.8 Å². The zero-order chi connectivity index (χ0) is 16.9. The number of rotatable bonds is 1. The number of methoxy groups -OCH3 is 1. The molecule has 2 nitrogen and oxygen atoms in total. The molecule has 0 bridgehead atoms. The van der Waals surface area contributed by atoms with E-state index in [4.69, 9.17) is 14.6 Å². The van der Waals surface area contributed by atoms with Gasteiger partial charge in [0.2, 0.25) is 5.82 Å². The molecule has 0 aliphatic carbocycles. The van der Waals surface area contributed by atoms with Gasteiger partial charge in [0.25, 0.3) is 0 Å². The van der Waals surface area contributed by atoms with E-state index in [0.29, 0.717) is 16.6 Å². The number of halogens is 2. The molecule has 0 saturated carbocycles. The molecule has 2 rings (SSSR count). The highest BCUT2D eigenvalue weighted by atomic mass is 19.2. The average Bonchev–Trinajstić information content (AvgIpc) is 2.31. The fraction of sp³-hybridized carbons (Fsp3) is 0.333. The smallest absolute Gasteiger partial charge is 0.201 e. The molecule has 0 saturated heterocycles. The molecule has 0 atom stereocenters. The van der Waals surface area contributed by atoms with Crippen LogP contribution in [-0.4, -0.2) is 7.04 Å². The lowest BCUT2D eigenvalue weighted by Crippen LogP contribution is -2.13. The maximum absolute atomic E-state index is 14.1. The summed E-state index contributed by atoms with van der Waals surface area (Å²) in [7, 11) is -2.89. The topological polar surface area (TPSA) is 35.2 Å². The average molecular weight is 268 g/mol. The van der Waals surface area contributed by atoms with Crippen LogP contribution in [0.3, 0.4) is 0 Å². The molecule has 0 aromatic heterocycles. The lowest BCUT2D eigenvalue weighted by Gasteiger charge is -2.23. The number of benzene rings is 2. The number of nitrogens with two attached hydrogens (primary N) is 1. The molecule has 0 amide bonds. The van der Waals surface area contributed by atoms with Crippen LogP contribution in [0, 0.1) is 11.6 Å². The van der Waals surface area contributed by atoms with Crippen molar-refractivity contribution < 1.29 is 17.6 Å². The summed E-state index contributed by atoms with van der Waals surface area (Å²) in [5.74, 6) is -3.11.